The van der Waals surface area contributed by atoms with E-state index in [4.69, 9.17) is 0 Å². The summed E-state index contributed by atoms with van der Waals surface area (Å²) in [6, 6.07) is 0. The van der Waals surface area contributed by atoms with Crippen molar-refractivity contribution < 1.29 is 0 Å². The molecule has 0 saturated heterocycles. The van der Waals surface area contributed by atoms with Crippen molar-refractivity contribution in [3.63, 3.8) is 0 Å². The van der Waals surface area contributed by atoms with E-state index < -0.39 is 0 Å². The average Bonchev–Trinajstić information content (AvgIpc) is 1.81. The zero-order valence-electron chi connectivity index (χ0n) is 5.30. The Morgan fingerprint density at radius 3 is 2.50 bits per heavy atom. The van der Waals surface area contributed by atoms with Crippen molar-refractivity contribution in [3.05, 3.63) is 37.0 Å². The highest BCUT2D eigenvalue weighted by Gasteiger charge is 1.59. The standard InChI is InChI=1S/C8H12/c1-3-5-7-8-6-4-2/h3,5-8H,1,4H2,2H3/b7-5+,8-6+. The fourth-order valence-corrected chi connectivity index (χ4v) is 0.357. The van der Waals surface area contributed by atoms with Crippen LogP contribution in [0.2, 0.25) is 0 Å². The van der Waals surface area contributed by atoms with Gasteiger partial charge in [0, 0.05) is 0 Å². The summed E-state index contributed by atoms with van der Waals surface area (Å²) in [5.74, 6) is 0. The Morgan fingerprint density at radius 2 is 2.00 bits per heavy atom. The molecule has 8 heavy (non-hydrogen) atoms. The van der Waals surface area contributed by atoms with Crippen LogP contribution in [0, 0.1) is 0 Å². The van der Waals surface area contributed by atoms with Crippen LogP contribution in [0.15, 0.2) is 37.0 Å². The molecule has 44 valence electrons. The van der Waals surface area contributed by atoms with Crippen molar-refractivity contribution in [2.75, 3.05) is 0 Å². The molecule has 0 radical (unpaired) electrons. The van der Waals surface area contributed by atoms with Crippen LogP contribution in [0.1, 0.15) is 13.3 Å². The Hall–Kier alpha value is -0.780. The Kier molecular flexibility index (Phi) is 5.61. The zero-order valence-corrected chi connectivity index (χ0v) is 5.30. The van der Waals surface area contributed by atoms with E-state index in [-0.39, 0.29) is 0 Å². The molecule has 0 aliphatic rings. The monoisotopic (exact) mass is 108 g/mol. The van der Waals surface area contributed by atoms with Crippen LogP contribution in [0.5, 0.6) is 0 Å². The van der Waals surface area contributed by atoms with Gasteiger partial charge in [-0.15, -0.1) is 0 Å². The fraction of sp³-hybridized carbons (Fsp3) is 0.250. The lowest BCUT2D eigenvalue weighted by molar-refractivity contribution is 1.22. The van der Waals surface area contributed by atoms with Crippen molar-refractivity contribution in [1.82, 2.24) is 0 Å². The first kappa shape index (κ1) is 7.22. The lowest BCUT2D eigenvalue weighted by Gasteiger charge is -1.71. The Labute approximate surface area is 51.2 Å². The molecule has 0 unspecified atom stereocenters. The summed E-state index contributed by atoms with van der Waals surface area (Å²) >= 11 is 0. The number of hydrogen-bond donors (Lipinski definition) is 0. The van der Waals surface area contributed by atoms with E-state index in [0.29, 0.717) is 0 Å². The van der Waals surface area contributed by atoms with Crippen molar-refractivity contribution in [1.29, 1.82) is 0 Å². The highest BCUT2D eigenvalue weighted by molar-refractivity contribution is 5.08. The number of allylic oxidation sites excluding steroid dienone is 5. The van der Waals surface area contributed by atoms with Crippen LogP contribution in [-0.4, -0.2) is 0 Å². The minimum absolute atomic E-state index is 1.10. The molecule has 0 amide bonds. The average molecular weight is 108 g/mol. The van der Waals surface area contributed by atoms with Crippen LogP contribution in [0.25, 0.3) is 0 Å². The maximum absolute atomic E-state index is 3.54. The van der Waals surface area contributed by atoms with Gasteiger partial charge in [0.1, 0.15) is 0 Å². The minimum Gasteiger partial charge on any atom is -0.0991 e. The fourth-order valence-electron chi connectivity index (χ4n) is 0.357. The van der Waals surface area contributed by atoms with Crippen LogP contribution in [0.4, 0.5) is 0 Å². The van der Waals surface area contributed by atoms with Crippen LogP contribution >= 0.6 is 0 Å². The maximum atomic E-state index is 3.54. The van der Waals surface area contributed by atoms with E-state index in [1.807, 2.05) is 18.2 Å². The van der Waals surface area contributed by atoms with Gasteiger partial charge in [0.2, 0.25) is 0 Å². The molecular weight excluding hydrogens is 96.1 g/mol. The Balaban J connectivity index is 3.26. The molecule has 0 spiro atoms. The molecule has 0 aliphatic carbocycles. The van der Waals surface area contributed by atoms with Gasteiger partial charge in [0.15, 0.2) is 0 Å². The van der Waals surface area contributed by atoms with E-state index in [2.05, 4.69) is 19.6 Å². The molecule has 0 nitrogen and oxygen atoms in total. The smallest absolute Gasteiger partial charge is 0.0376 e. The third kappa shape index (κ3) is 5.22. The summed E-state index contributed by atoms with van der Waals surface area (Å²) in [4.78, 5) is 0. The van der Waals surface area contributed by atoms with Gasteiger partial charge in [0.25, 0.3) is 0 Å². The number of rotatable bonds is 3. The van der Waals surface area contributed by atoms with Gasteiger partial charge in [0.05, 0.1) is 0 Å². The Bertz CT molecular complexity index is 96.6. The van der Waals surface area contributed by atoms with Crippen LogP contribution < -0.4 is 0 Å². The van der Waals surface area contributed by atoms with Crippen molar-refractivity contribution in [2.24, 2.45) is 0 Å². The summed E-state index contributed by atoms with van der Waals surface area (Å²) in [6.07, 6.45) is 10.9. The first-order chi connectivity index (χ1) is 3.91. The Morgan fingerprint density at radius 1 is 1.25 bits per heavy atom. The largest absolute Gasteiger partial charge is 0.0991 e. The summed E-state index contributed by atoms with van der Waals surface area (Å²) in [7, 11) is 0. The molecule has 0 heterocycles. The second kappa shape index (κ2) is 6.22. The second-order valence-corrected chi connectivity index (χ2v) is 1.46. The van der Waals surface area contributed by atoms with Gasteiger partial charge in [-0.05, 0) is 6.42 Å². The van der Waals surface area contributed by atoms with Gasteiger partial charge >= 0.3 is 0 Å². The normalized spacial score (nSPS) is 11.1. The lowest BCUT2D eigenvalue weighted by Crippen LogP contribution is -1.49. The van der Waals surface area contributed by atoms with Gasteiger partial charge in [-0.2, -0.15) is 0 Å². The van der Waals surface area contributed by atoms with E-state index in [9.17, 15) is 0 Å². The third-order valence-corrected chi connectivity index (χ3v) is 0.730. The second-order valence-electron chi connectivity index (χ2n) is 1.46. The highest BCUT2D eigenvalue weighted by Crippen LogP contribution is 1.80. The summed E-state index contributed by atoms with van der Waals surface area (Å²) in [5, 5.41) is 0. The quantitative estimate of drug-likeness (QED) is 0.487. The molecular formula is C8H12. The third-order valence-electron chi connectivity index (χ3n) is 0.730. The molecule has 0 N–H and O–H groups in total. The number of hydrogen-bond acceptors (Lipinski definition) is 0. The van der Waals surface area contributed by atoms with Gasteiger partial charge in [-0.25, -0.2) is 0 Å². The van der Waals surface area contributed by atoms with E-state index in [0.717, 1.165) is 6.42 Å². The van der Waals surface area contributed by atoms with E-state index >= 15 is 0 Å². The molecule has 0 rings (SSSR count). The van der Waals surface area contributed by atoms with Crippen molar-refractivity contribution in [3.8, 4) is 0 Å². The molecule has 0 aromatic heterocycles. The molecule has 0 aromatic rings. The zero-order chi connectivity index (χ0) is 6.24. The molecule has 0 fully saturated rings. The summed E-state index contributed by atoms with van der Waals surface area (Å²) in [5.41, 5.74) is 0. The van der Waals surface area contributed by atoms with Gasteiger partial charge in [-0.1, -0.05) is 43.9 Å². The van der Waals surface area contributed by atoms with E-state index in [1.54, 1.807) is 6.08 Å². The summed E-state index contributed by atoms with van der Waals surface area (Å²) < 4.78 is 0. The van der Waals surface area contributed by atoms with Gasteiger partial charge < -0.3 is 0 Å². The molecule has 0 bridgehead atoms. The predicted molar refractivity (Wildman–Crippen MR) is 38.8 cm³/mol. The SMILES string of the molecule is C=C/C=C/C=C/CC. The van der Waals surface area contributed by atoms with Crippen molar-refractivity contribution in [2.45, 2.75) is 13.3 Å². The van der Waals surface area contributed by atoms with Gasteiger partial charge in [-0.3, -0.25) is 0 Å². The first-order valence-electron chi connectivity index (χ1n) is 2.86. The predicted octanol–water partition coefficient (Wildman–Crippen LogP) is 2.69. The van der Waals surface area contributed by atoms with Crippen molar-refractivity contribution >= 4 is 0 Å². The highest BCUT2D eigenvalue weighted by atomic mass is 13.7. The molecule has 0 heteroatoms. The first-order valence-corrected chi connectivity index (χ1v) is 2.86. The maximum Gasteiger partial charge on any atom is -0.0376 e. The molecule has 0 atom stereocenters. The minimum atomic E-state index is 1.10. The topological polar surface area (TPSA) is 0 Å². The molecule has 0 aliphatic heterocycles. The molecule has 0 aromatic carbocycles. The van der Waals surface area contributed by atoms with E-state index in [1.165, 1.54) is 0 Å². The summed E-state index contributed by atoms with van der Waals surface area (Å²) in [6.45, 7) is 5.65. The van der Waals surface area contributed by atoms with Crippen LogP contribution in [-0.2, 0) is 0 Å². The molecule has 0 saturated carbocycles. The lowest BCUT2D eigenvalue weighted by atomic mass is 10.4. The van der Waals surface area contributed by atoms with Crippen LogP contribution in [0.3, 0.4) is 0 Å².